The molecule has 0 atom stereocenters. The second kappa shape index (κ2) is 5.18. The zero-order valence-electron chi connectivity index (χ0n) is 7.72. The molecule has 0 aromatic heterocycles. The summed E-state index contributed by atoms with van der Waals surface area (Å²) in [4.78, 5) is 11.1. The summed E-state index contributed by atoms with van der Waals surface area (Å²) < 4.78 is 1.08. The van der Waals surface area contributed by atoms with Gasteiger partial charge in [0.15, 0.2) is 0 Å². The van der Waals surface area contributed by atoms with Crippen molar-refractivity contribution in [3.63, 3.8) is 0 Å². The van der Waals surface area contributed by atoms with Gasteiger partial charge in [0.2, 0.25) is 0 Å². The van der Waals surface area contributed by atoms with Crippen LogP contribution in [-0.4, -0.2) is 5.78 Å². The first-order valence-electron chi connectivity index (χ1n) is 4.48. The molecule has 13 heavy (non-hydrogen) atoms. The Labute approximate surface area is 87.3 Å². The third-order valence-corrected chi connectivity index (χ3v) is 2.47. The van der Waals surface area contributed by atoms with E-state index in [0.717, 1.165) is 10.9 Å². The molecule has 1 nitrogen and oxygen atoms in total. The third kappa shape index (κ3) is 3.73. The Hall–Kier alpha value is -0.630. The summed E-state index contributed by atoms with van der Waals surface area (Å²) in [5, 5.41) is 0. The Morgan fingerprint density at radius 1 is 1.46 bits per heavy atom. The Morgan fingerprint density at radius 2 is 2.23 bits per heavy atom. The molecule has 0 fully saturated rings. The molecule has 0 N–H and O–H groups in total. The SMILES string of the molecule is CCC(=O)CCc1cccc(Br)c1. The number of aryl methyl sites for hydroxylation is 1. The summed E-state index contributed by atoms with van der Waals surface area (Å²) in [5.74, 6) is 0.333. The van der Waals surface area contributed by atoms with E-state index in [-0.39, 0.29) is 0 Å². The minimum absolute atomic E-state index is 0.333. The number of carbonyl (C=O) groups excluding carboxylic acids is 1. The lowest BCUT2D eigenvalue weighted by Crippen LogP contribution is -1.97. The van der Waals surface area contributed by atoms with Crippen LogP contribution in [0.3, 0.4) is 0 Å². The van der Waals surface area contributed by atoms with Crippen LogP contribution in [0.2, 0.25) is 0 Å². The number of Topliss-reactive ketones (excluding diaryl/α,β-unsaturated/α-hetero) is 1. The van der Waals surface area contributed by atoms with Crippen molar-refractivity contribution in [3.05, 3.63) is 34.3 Å². The third-order valence-electron chi connectivity index (χ3n) is 1.98. The van der Waals surface area contributed by atoms with Gasteiger partial charge in [0.05, 0.1) is 0 Å². The number of hydrogen-bond acceptors (Lipinski definition) is 1. The van der Waals surface area contributed by atoms with Gasteiger partial charge in [-0.15, -0.1) is 0 Å². The molecule has 70 valence electrons. The number of benzene rings is 1. The van der Waals surface area contributed by atoms with Gasteiger partial charge in [-0.3, -0.25) is 4.79 Å². The molecule has 1 aromatic carbocycles. The van der Waals surface area contributed by atoms with Crippen LogP contribution in [0.1, 0.15) is 25.3 Å². The Kier molecular flexibility index (Phi) is 4.16. The molecular formula is C11H13BrO. The molecule has 0 aliphatic rings. The van der Waals surface area contributed by atoms with E-state index in [1.54, 1.807) is 0 Å². The molecule has 1 aromatic rings. The molecule has 0 heterocycles. The number of rotatable bonds is 4. The maximum Gasteiger partial charge on any atom is 0.132 e. The number of halogens is 1. The first kappa shape index (κ1) is 10.5. The molecule has 0 unspecified atom stereocenters. The average Bonchev–Trinajstić information content (AvgIpc) is 2.14. The van der Waals surface area contributed by atoms with Crippen molar-refractivity contribution in [1.29, 1.82) is 0 Å². The van der Waals surface area contributed by atoms with Crippen molar-refractivity contribution < 1.29 is 4.79 Å². The first-order valence-corrected chi connectivity index (χ1v) is 5.28. The van der Waals surface area contributed by atoms with Crippen LogP contribution in [0.15, 0.2) is 28.7 Å². The Bertz CT molecular complexity index is 294. The summed E-state index contributed by atoms with van der Waals surface area (Å²) in [7, 11) is 0. The predicted octanol–water partition coefficient (Wildman–Crippen LogP) is 3.36. The lowest BCUT2D eigenvalue weighted by molar-refractivity contribution is -0.118. The van der Waals surface area contributed by atoms with Gasteiger partial charge in [-0.05, 0) is 24.1 Å². The monoisotopic (exact) mass is 240 g/mol. The molecule has 2 heteroatoms. The van der Waals surface area contributed by atoms with Gasteiger partial charge in [-0.25, -0.2) is 0 Å². The van der Waals surface area contributed by atoms with Gasteiger partial charge in [-0.2, -0.15) is 0 Å². The summed E-state index contributed by atoms with van der Waals surface area (Å²) in [6.45, 7) is 1.91. The fourth-order valence-corrected chi connectivity index (χ4v) is 1.60. The van der Waals surface area contributed by atoms with Crippen LogP contribution < -0.4 is 0 Å². The highest BCUT2D eigenvalue weighted by Gasteiger charge is 1.99. The Balaban J connectivity index is 2.50. The molecular weight excluding hydrogens is 228 g/mol. The van der Waals surface area contributed by atoms with E-state index in [1.807, 2.05) is 25.1 Å². The molecule has 0 aliphatic heterocycles. The molecule has 0 radical (unpaired) electrons. The van der Waals surface area contributed by atoms with Crippen molar-refractivity contribution in [2.45, 2.75) is 26.2 Å². The van der Waals surface area contributed by atoms with Crippen LogP contribution in [-0.2, 0) is 11.2 Å². The normalized spacial score (nSPS) is 10.0. The summed E-state index contributed by atoms with van der Waals surface area (Å²) in [6, 6.07) is 8.09. The summed E-state index contributed by atoms with van der Waals surface area (Å²) in [6.07, 6.45) is 2.16. The fraction of sp³-hybridized carbons (Fsp3) is 0.364. The maximum atomic E-state index is 11.1. The highest BCUT2D eigenvalue weighted by molar-refractivity contribution is 9.10. The van der Waals surface area contributed by atoms with Crippen LogP contribution >= 0.6 is 15.9 Å². The smallest absolute Gasteiger partial charge is 0.132 e. The molecule has 0 saturated carbocycles. The van der Waals surface area contributed by atoms with Gasteiger partial charge >= 0.3 is 0 Å². The van der Waals surface area contributed by atoms with Crippen molar-refractivity contribution in [2.24, 2.45) is 0 Å². The van der Waals surface area contributed by atoms with Crippen molar-refractivity contribution in [3.8, 4) is 0 Å². The van der Waals surface area contributed by atoms with Crippen molar-refractivity contribution in [2.75, 3.05) is 0 Å². The maximum absolute atomic E-state index is 11.1. The van der Waals surface area contributed by atoms with Crippen LogP contribution in [0.5, 0.6) is 0 Å². The van der Waals surface area contributed by atoms with E-state index in [1.165, 1.54) is 5.56 Å². The molecule has 0 bridgehead atoms. The zero-order valence-corrected chi connectivity index (χ0v) is 9.30. The average molecular weight is 241 g/mol. The second-order valence-electron chi connectivity index (χ2n) is 3.02. The molecule has 1 rings (SSSR count). The minimum atomic E-state index is 0.333. The van der Waals surface area contributed by atoms with Crippen molar-refractivity contribution in [1.82, 2.24) is 0 Å². The zero-order chi connectivity index (χ0) is 9.68. The highest BCUT2D eigenvalue weighted by Crippen LogP contribution is 2.13. The lowest BCUT2D eigenvalue weighted by atomic mass is 10.1. The second-order valence-corrected chi connectivity index (χ2v) is 3.94. The largest absolute Gasteiger partial charge is 0.300 e. The van der Waals surface area contributed by atoms with E-state index in [2.05, 4.69) is 22.0 Å². The van der Waals surface area contributed by atoms with Crippen LogP contribution in [0.25, 0.3) is 0 Å². The lowest BCUT2D eigenvalue weighted by Gasteiger charge is -2.00. The fourth-order valence-electron chi connectivity index (χ4n) is 1.15. The standard InChI is InChI=1S/C11H13BrO/c1-2-11(13)7-6-9-4-3-5-10(12)8-9/h3-5,8H,2,6-7H2,1H3. The molecule has 0 spiro atoms. The number of hydrogen-bond donors (Lipinski definition) is 0. The van der Waals surface area contributed by atoms with Gasteiger partial charge < -0.3 is 0 Å². The quantitative estimate of drug-likeness (QED) is 0.789. The molecule has 0 amide bonds. The topological polar surface area (TPSA) is 17.1 Å². The number of carbonyl (C=O) groups is 1. The van der Waals surface area contributed by atoms with E-state index in [9.17, 15) is 4.79 Å². The highest BCUT2D eigenvalue weighted by atomic mass is 79.9. The number of ketones is 1. The van der Waals surface area contributed by atoms with Crippen LogP contribution in [0, 0.1) is 0 Å². The Morgan fingerprint density at radius 3 is 2.85 bits per heavy atom. The molecule has 0 saturated heterocycles. The van der Waals surface area contributed by atoms with Gasteiger partial charge in [0, 0.05) is 17.3 Å². The predicted molar refractivity (Wildman–Crippen MR) is 57.8 cm³/mol. The minimum Gasteiger partial charge on any atom is -0.300 e. The first-order chi connectivity index (χ1) is 6.22. The van der Waals surface area contributed by atoms with Crippen LogP contribution in [0.4, 0.5) is 0 Å². The summed E-state index contributed by atoms with van der Waals surface area (Å²) >= 11 is 3.40. The summed E-state index contributed by atoms with van der Waals surface area (Å²) in [5.41, 5.74) is 1.22. The van der Waals surface area contributed by atoms with Gasteiger partial charge in [0.25, 0.3) is 0 Å². The van der Waals surface area contributed by atoms with Gasteiger partial charge in [-0.1, -0.05) is 35.0 Å². The van der Waals surface area contributed by atoms with Gasteiger partial charge in [0.1, 0.15) is 5.78 Å². The van der Waals surface area contributed by atoms with E-state index in [4.69, 9.17) is 0 Å². The molecule has 0 aliphatic carbocycles. The van der Waals surface area contributed by atoms with E-state index < -0.39 is 0 Å². The van der Waals surface area contributed by atoms with E-state index in [0.29, 0.717) is 18.6 Å². The van der Waals surface area contributed by atoms with Crippen molar-refractivity contribution >= 4 is 21.7 Å². The van der Waals surface area contributed by atoms with E-state index >= 15 is 0 Å².